The van der Waals surface area contributed by atoms with Crippen molar-refractivity contribution in [2.45, 2.75) is 84.1 Å². The van der Waals surface area contributed by atoms with E-state index in [1.807, 2.05) is 0 Å². The average molecular weight is 334 g/mol. The van der Waals surface area contributed by atoms with Gasteiger partial charge in [0.1, 0.15) is 0 Å². The molecule has 0 bridgehead atoms. The zero-order chi connectivity index (χ0) is 17.3. The lowest BCUT2D eigenvalue weighted by Gasteiger charge is -2.29. The number of imidazole rings is 1. The van der Waals surface area contributed by atoms with Crippen LogP contribution in [0.1, 0.15) is 69.6 Å². The Morgan fingerprint density at radius 3 is 2.39 bits per heavy atom. The maximum atomic E-state index is 13.9. The first kappa shape index (κ1) is 18.3. The Morgan fingerprint density at radius 2 is 1.87 bits per heavy atom. The number of nitrogens with zero attached hydrogens (tertiary/aromatic N) is 2. The fourth-order valence-electron chi connectivity index (χ4n) is 3.34. The van der Waals surface area contributed by atoms with Crippen LogP contribution in [0.5, 0.6) is 0 Å². The van der Waals surface area contributed by atoms with Crippen LogP contribution in [0.4, 0.5) is 17.6 Å². The smallest absolute Gasteiger partial charge is 0.302 e. The molecule has 0 N–H and O–H groups in total. The van der Waals surface area contributed by atoms with E-state index in [2.05, 4.69) is 11.9 Å². The first-order chi connectivity index (χ1) is 10.6. The van der Waals surface area contributed by atoms with Crippen LogP contribution in [0.2, 0.25) is 0 Å². The maximum Gasteiger partial charge on any atom is 0.302 e. The van der Waals surface area contributed by atoms with Crippen molar-refractivity contribution in [2.24, 2.45) is 5.92 Å². The van der Waals surface area contributed by atoms with Crippen molar-refractivity contribution in [3.05, 3.63) is 17.2 Å². The zero-order valence-electron chi connectivity index (χ0n) is 14.1. The summed E-state index contributed by atoms with van der Waals surface area (Å²) in [6, 6.07) is 0. The van der Waals surface area contributed by atoms with Crippen molar-refractivity contribution in [3.8, 4) is 0 Å². The molecule has 1 aliphatic carbocycles. The molecule has 23 heavy (non-hydrogen) atoms. The fraction of sp³-hybridized carbons (Fsp3) is 0.824. The van der Waals surface area contributed by atoms with Crippen molar-refractivity contribution >= 4 is 0 Å². The van der Waals surface area contributed by atoms with Crippen molar-refractivity contribution in [3.63, 3.8) is 0 Å². The summed E-state index contributed by atoms with van der Waals surface area (Å²) in [5.74, 6) is -5.82. The molecule has 2 nitrogen and oxygen atoms in total. The number of alkyl halides is 4. The standard InChI is InChI=1S/C17H26F4N2/c1-4-5-6-14-12(2)22-15(16(3,18)19)23(14)11-13-7-9-17(20,21)10-8-13/h13H,4-11H2,1-3H3. The van der Waals surface area contributed by atoms with Gasteiger partial charge in [-0.1, -0.05) is 13.3 Å². The summed E-state index contributed by atoms with van der Waals surface area (Å²) in [6.45, 7) is 5.03. The Labute approximate surface area is 135 Å². The van der Waals surface area contributed by atoms with Gasteiger partial charge in [-0.2, -0.15) is 8.78 Å². The molecular formula is C17H26F4N2. The van der Waals surface area contributed by atoms with Gasteiger partial charge in [0.05, 0.1) is 5.69 Å². The second kappa shape index (κ2) is 6.81. The van der Waals surface area contributed by atoms with Gasteiger partial charge in [0.15, 0.2) is 5.82 Å². The molecule has 0 atom stereocenters. The maximum absolute atomic E-state index is 13.9. The monoisotopic (exact) mass is 334 g/mol. The van der Waals surface area contributed by atoms with E-state index in [4.69, 9.17) is 0 Å². The van der Waals surface area contributed by atoms with Crippen LogP contribution in [-0.2, 0) is 18.9 Å². The van der Waals surface area contributed by atoms with Crippen molar-refractivity contribution < 1.29 is 17.6 Å². The number of unbranched alkanes of at least 4 members (excludes halogenated alkanes) is 1. The number of aryl methyl sites for hydroxylation is 1. The average Bonchev–Trinajstić information content (AvgIpc) is 2.75. The molecule has 1 fully saturated rings. The molecule has 0 aromatic carbocycles. The summed E-state index contributed by atoms with van der Waals surface area (Å²) in [7, 11) is 0. The molecule has 6 heteroatoms. The Kier molecular flexibility index (Phi) is 5.41. The van der Waals surface area contributed by atoms with Gasteiger partial charge < -0.3 is 4.57 Å². The van der Waals surface area contributed by atoms with Gasteiger partial charge >= 0.3 is 5.92 Å². The van der Waals surface area contributed by atoms with Gasteiger partial charge in [0.25, 0.3) is 0 Å². The third-order valence-corrected chi connectivity index (χ3v) is 4.71. The molecular weight excluding hydrogens is 308 g/mol. The lowest BCUT2D eigenvalue weighted by Crippen LogP contribution is -2.28. The molecule has 0 aliphatic heterocycles. The van der Waals surface area contributed by atoms with Crippen LogP contribution < -0.4 is 0 Å². The molecule has 1 heterocycles. The van der Waals surface area contributed by atoms with Crippen molar-refractivity contribution in [2.75, 3.05) is 0 Å². The highest BCUT2D eigenvalue weighted by Gasteiger charge is 2.37. The number of aromatic nitrogens is 2. The first-order valence-corrected chi connectivity index (χ1v) is 8.46. The highest BCUT2D eigenvalue weighted by Crippen LogP contribution is 2.38. The number of hydrogen-bond acceptors (Lipinski definition) is 1. The van der Waals surface area contributed by atoms with E-state index in [1.54, 1.807) is 11.5 Å². The highest BCUT2D eigenvalue weighted by atomic mass is 19.3. The second-order valence-electron chi connectivity index (χ2n) is 6.87. The van der Waals surface area contributed by atoms with Crippen LogP contribution in [0.15, 0.2) is 0 Å². The van der Waals surface area contributed by atoms with E-state index in [1.165, 1.54) is 0 Å². The molecule has 2 rings (SSSR count). The van der Waals surface area contributed by atoms with E-state index < -0.39 is 11.8 Å². The Balaban J connectivity index is 2.24. The summed E-state index contributed by atoms with van der Waals surface area (Å²) in [5, 5.41) is 0. The third-order valence-electron chi connectivity index (χ3n) is 4.71. The molecule has 0 spiro atoms. The minimum Gasteiger partial charge on any atom is -0.326 e. The van der Waals surface area contributed by atoms with Gasteiger partial charge in [0.2, 0.25) is 5.92 Å². The predicted octanol–water partition coefficient (Wildman–Crippen LogP) is 5.47. The predicted molar refractivity (Wildman–Crippen MR) is 82.0 cm³/mol. The summed E-state index contributed by atoms with van der Waals surface area (Å²) in [5.41, 5.74) is 1.47. The van der Waals surface area contributed by atoms with Crippen LogP contribution in [0.25, 0.3) is 0 Å². The zero-order valence-corrected chi connectivity index (χ0v) is 14.1. The second-order valence-corrected chi connectivity index (χ2v) is 6.87. The Bertz CT molecular complexity index is 521. The first-order valence-electron chi connectivity index (χ1n) is 8.46. The minimum atomic E-state index is -3.02. The lowest BCUT2D eigenvalue weighted by atomic mass is 9.86. The normalized spacial score (nSPS) is 19.3. The molecule has 132 valence electrons. The molecule has 1 aromatic rings. The van der Waals surface area contributed by atoms with Crippen LogP contribution >= 0.6 is 0 Å². The molecule has 0 radical (unpaired) electrons. The van der Waals surface area contributed by atoms with E-state index in [0.717, 1.165) is 25.5 Å². The van der Waals surface area contributed by atoms with Crippen molar-refractivity contribution in [1.82, 2.24) is 9.55 Å². The largest absolute Gasteiger partial charge is 0.326 e. The van der Waals surface area contributed by atoms with Gasteiger partial charge in [-0.25, -0.2) is 13.8 Å². The van der Waals surface area contributed by atoms with E-state index >= 15 is 0 Å². The van der Waals surface area contributed by atoms with Gasteiger partial charge in [-0.05, 0) is 38.5 Å². The molecule has 1 saturated carbocycles. The minimum absolute atomic E-state index is 0.0182. The topological polar surface area (TPSA) is 17.8 Å². The number of halogens is 4. The summed E-state index contributed by atoms with van der Waals surface area (Å²) >= 11 is 0. The SMILES string of the molecule is CCCCc1c(C)nc(C(C)(F)F)n1CC1CCC(F)(F)CC1. The van der Waals surface area contributed by atoms with Crippen molar-refractivity contribution in [1.29, 1.82) is 0 Å². The molecule has 1 aromatic heterocycles. The summed E-state index contributed by atoms with van der Waals surface area (Å²) in [4.78, 5) is 4.09. The third kappa shape index (κ3) is 4.48. The number of rotatable bonds is 6. The van der Waals surface area contributed by atoms with E-state index in [9.17, 15) is 17.6 Å². The molecule has 1 aliphatic rings. The summed E-state index contributed by atoms with van der Waals surface area (Å²) in [6.07, 6.45) is 3.05. The van der Waals surface area contributed by atoms with Gasteiger partial charge in [0, 0.05) is 32.0 Å². The van der Waals surface area contributed by atoms with Gasteiger partial charge in [-0.3, -0.25) is 0 Å². The van der Waals surface area contributed by atoms with Crippen LogP contribution in [-0.4, -0.2) is 15.5 Å². The number of hydrogen-bond donors (Lipinski definition) is 0. The van der Waals surface area contributed by atoms with Gasteiger partial charge in [-0.15, -0.1) is 0 Å². The lowest BCUT2D eigenvalue weighted by molar-refractivity contribution is -0.0485. The quantitative estimate of drug-likeness (QED) is 0.631. The van der Waals surface area contributed by atoms with E-state index in [-0.39, 0.29) is 24.6 Å². The van der Waals surface area contributed by atoms with Crippen LogP contribution in [0, 0.1) is 12.8 Å². The highest BCUT2D eigenvalue weighted by molar-refractivity contribution is 5.19. The Hall–Kier alpha value is -1.07. The summed E-state index contributed by atoms with van der Waals surface area (Å²) < 4.78 is 56.0. The van der Waals surface area contributed by atoms with E-state index in [0.29, 0.717) is 31.5 Å². The molecule has 0 amide bonds. The fourth-order valence-corrected chi connectivity index (χ4v) is 3.34. The Morgan fingerprint density at radius 1 is 1.26 bits per heavy atom. The molecule has 0 saturated heterocycles. The van der Waals surface area contributed by atoms with Crippen LogP contribution in [0.3, 0.4) is 0 Å². The molecule has 0 unspecified atom stereocenters.